The van der Waals surface area contributed by atoms with Gasteiger partial charge >= 0.3 is 5.97 Å². The molecule has 0 saturated carbocycles. The van der Waals surface area contributed by atoms with Crippen LogP contribution in [-0.4, -0.2) is 28.4 Å². The number of H-pyrrole nitrogens is 1. The zero-order valence-electron chi connectivity index (χ0n) is 13.5. The minimum Gasteiger partial charge on any atom is -0.496 e. The number of ether oxygens (including phenoxy) is 2. The molecule has 2 aromatic carbocycles. The van der Waals surface area contributed by atoms with Crippen LogP contribution in [0.5, 0.6) is 11.5 Å². The first-order chi connectivity index (χ1) is 12.5. The summed E-state index contributed by atoms with van der Waals surface area (Å²) < 4.78 is 11.2. The van der Waals surface area contributed by atoms with Crippen molar-refractivity contribution in [2.45, 2.75) is 6.61 Å². The fourth-order valence-corrected chi connectivity index (χ4v) is 3.52. The third kappa shape index (κ3) is 2.58. The molecule has 0 spiro atoms. The average Bonchev–Trinajstić information content (AvgIpc) is 3.05. The summed E-state index contributed by atoms with van der Waals surface area (Å²) >= 11 is 12.3. The van der Waals surface area contributed by atoms with Crippen molar-refractivity contribution < 1.29 is 19.4 Å². The van der Waals surface area contributed by atoms with Crippen LogP contribution in [0.3, 0.4) is 0 Å². The maximum Gasteiger partial charge on any atom is 0.354 e. The molecule has 6 nitrogen and oxygen atoms in total. The van der Waals surface area contributed by atoms with Gasteiger partial charge in [0.25, 0.3) is 0 Å². The second-order valence-corrected chi connectivity index (χ2v) is 6.54. The van der Waals surface area contributed by atoms with Gasteiger partial charge in [0.1, 0.15) is 23.8 Å². The number of nitrogens with zero attached hydrogens (tertiary/aromatic N) is 1. The highest BCUT2D eigenvalue weighted by Gasteiger charge is 2.28. The molecule has 0 saturated heterocycles. The van der Waals surface area contributed by atoms with Crippen molar-refractivity contribution in [3.05, 3.63) is 51.6 Å². The molecule has 4 rings (SSSR count). The Labute approximate surface area is 158 Å². The number of carboxylic acids is 1. The molecular weight excluding hydrogens is 379 g/mol. The van der Waals surface area contributed by atoms with E-state index < -0.39 is 5.97 Å². The van der Waals surface area contributed by atoms with Crippen LogP contribution in [0.2, 0.25) is 10.0 Å². The number of hydrogen-bond acceptors (Lipinski definition) is 4. The third-order valence-electron chi connectivity index (χ3n) is 4.23. The zero-order chi connectivity index (χ0) is 18.4. The number of halogens is 2. The van der Waals surface area contributed by atoms with Crippen LogP contribution in [-0.2, 0) is 6.61 Å². The lowest BCUT2D eigenvalue weighted by Gasteiger charge is -2.20. The minimum absolute atomic E-state index is 0.0209. The summed E-state index contributed by atoms with van der Waals surface area (Å²) in [5.41, 5.74) is 3.19. The molecule has 2 heterocycles. The van der Waals surface area contributed by atoms with E-state index in [2.05, 4.69) is 10.2 Å². The van der Waals surface area contributed by atoms with E-state index in [9.17, 15) is 9.90 Å². The van der Waals surface area contributed by atoms with Crippen molar-refractivity contribution in [3.63, 3.8) is 0 Å². The first-order valence-corrected chi connectivity index (χ1v) is 8.36. The molecule has 0 bridgehead atoms. The lowest BCUT2D eigenvalue weighted by atomic mass is 9.96. The summed E-state index contributed by atoms with van der Waals surface area (Å²) in [6.07, 6.45) is 0. The van der Waals surface area contributed by atoms with Gasteiger partial charge in [-0.25, -0.2) is 4.79 Å². The predicted molar refractivity (Wildman–Crippen MR) is 97.3 cm³/mol. The maximum atomic E-state index is 11.3. The lowest BCUT2D eigenvalue weighted by Crippen LogP contribution is -2.09. The molecule has 8 heteroatoms. The fourth-order valence-electron chi connectivity index (χ4n) is 3.01. The standard InChI is InChI=1S/C18H12Cl2N2O4/c1-25-14-6-15-11(5-10(14)9-3-2-8(19)4-13(9)20)16-12(7-26-15)17(18(23)24)22-21-16/h2-6H,7H2,1H3,(H,21,22)(H,23,24). The van der Waals surface area contributed by atoms with Crippen LogP contribution in [0.25, 0.3) is 22.4 Å². The number of aromatic amines is 1. The molecule has 1 aliphatic heterocycles. The Morgan fingerprint density at radius 2 is 2.04 bits per heavy atom. The van der Waals surface area contributed by atoms with Crippen molar-refractivity contribution in [1.82, 2.24) is 10.2 Å². The van der Waals surface area contributed by atoms with Gasteiger partial charge in [0, 0.05) is 27.8 Å². The average molecular weight is 391 g/mol. The quantitative estimate of drug-likeness (QED) is 0.679. The molecule has 0 atom stereocenters. The summed E-state index contributed by atoms with van der Waals surface area (Å²) in [4.78, 5) is 11.3. The van der Waals surface area contributed by atoms with Crippen molar-refractivity contribution in [3.8, 4) is 33.9 Å². The number of rotatable bonds is 3. The van der Waals surface area contributed by atoms with Crippen LogP contribution in [0, 0.1) is 0 Å². The normalized spacial score (nSPS) is 12.1. The number of nitrogens with one attached hydrogen (secondary N) is 1. The van der Waals surface area contributed by atoms with Gasteiger partial charge in [0.2, 0.25) is 0 Å². The number of carboxylic acid groups (broad SMARTS) is 1. The summed E-state index contributed by atoms with van der Waals surface area (Å²) in [5, 5.41) is 17.0. The molecule has 0 radical (unpaired) electrons. The highest BCUT2D eigenvalue weighted by molar-refractivity contribution is 6.36. The van der Waals surface area contributed by atoms with Crippen LogP contribution in [0.15, 0.2) is 30.3 Å². The van der Waals surface area contributed by atoms with E-state index >= 15 is 0 Å². The van der Waals surface area contributed by atoms with E-state index in [4.69, 9.17) is 32.7 Å². The molecule has 3 aromatic rings. The summed E-state index contributed by atoms with van der Waals surface area (Å²) in [6, 6.07) is 8.76. The second-order valence-electron chi connectivity index (χ2n) is 5.69. The first-order valence-electron chi connectivity index (χ1n) is 7.60. The predicted octanol–water partition coefficient (Wildman–Crippen LogP) is 4.65. The van der Waals surface area contributed by atoms with Crippen LogP contribution in [0.4, 0.5) is 0 Å². The van der Waals surface area contributed by atoms with E-state index in [0.717, 1.165) is 11.1 Å². The molecule has 26 heavy (non-hydrogen) atoms. The third-order valence-corrected chi connectivity index (χ3v) is 4.78. The molecule has 2 N–H and O–H groups in total. The fraction of sp³-hybridized carbons (Fsp3) is 0.111. The topological polar surface area (TPSA) is 84.4 Å². The van der Waals surface area contributed by atoms with Crippen molar-refractivity contribution in [1.29, 1.82) is 0 Å². The first kappa shape index (κ1) is 16.8. The van der Waals surface area contributed by atoms with Crippen LogP contribution in [0.1, 0.15) is 16.1 Å². The SMILES string of the molecule is COc1cc2c(cc1-c1ccc(Cl)cc1Cl)-c1n[nH]c(C(=O)O)c1CO2. The van der Waals surface area contributed by atoms with E-state index in [1.54, 1.807) is 31.4 Å². The Kier molecular flexibility index (Phi) is 4.01. The Morgan fingerprint density at radius 1 is 1.23 bits per heavy atom. The largest absolute Gasteiger partial charge is 0.496 e. The Morgan fingerprint density at radius 3 is 2.73 bits per heavy atom. The van der Waals surface area contributed by atoms with Gasteiger partial charge in [-0.2, -0.15) is 5.10 Å². The van der Waals surface area contributed by atoms with E-state index in [1.165, 1.54) is 0 Å². The van der Waals surface area contributed by atoms with Crippen molar-refractivity contribution >= 4 is 29.2 Å². The molecule has 0 fully saturated rings. The van der Waals surface area contributed by atoms with Crippen LogP contribution >= 0.6 is 23.2 Å². The minimum atomic E-state index is -1.08. The smallest absolute Gasteiger partial charge is 0.354 e. The molecule has 1 aromatic heterocycles. The molecule has 0 aliphatic carbocycles. The summed E-state index contributed by atoms with van der Waals surface area (Å²) in [6.45, 7) is 0.116. The lowest BCUT2D eigenvalue weighted by molar-refractivity contribution is 0.0687. The monoisotopic (exact) mass is 390 g/mol. The van der Waals surface area contributed by atoms with E-state index in [1.807, 2.05) is 6.07 Å². The molecule has 1 aliphatic rings. The van der Waals surface area contributed by atoms with Gasteiger partial charge in [0.05, 0.1) is 17.7 Å². The highest BCUT2D eigenvalue weighted by Crippen LogP contribution is 2.45. The van der Waals surface area contributed by atoms with Gasteiger partial charge in [-0.1, -0.05) is 29.3 Å². The second kappa shape index (κ2) is 6.23. The van der Waals surface area contributed by atoms with Crippen LogP contribution < -0.4 is 9.47 Å². The van der Waals surface area contributed by atoms with E-state index in [0.29, 0.717) is 38.4 Å². The number of fused-ring (bicyclic) bond motifs is 3. The zero-order valence-corrected chi connectivity index (χ0v) is 15.0. The Hall–Kier alpha value is -2.70. The van der Waals surface area contributed by atoms with E-state index in [-0.39, 0.29) is 12.3 Å². The number of carbonyl (C=O) groups is 1. The number of aromatic nitrogens is 2. The van der Waals surface area contributed by atoms with Crippen molar-refractivity contribution in [2.75, 3.05) is 7.11 Å². The maximum absolute atomic E-state index is 11.3. The van der Waals surface area contributed by atoms with Gasteiger partial charge in [-0.15, -0.1) is 0 Å². The molecule has 0 amide bonds. The molecular formula is C18H12Cl2N2O4. The van der Waals surface area contributed by atoms with Gasteiger partial charge in [0.15, 0.2) is 5.69 Å². The van der Waals surface area contributed by atoms with Gasteiger partial charge in [-0.05, 0) is 18.2 Å². The number of aromatic carboxylic acids is 1. The number of methoxy groups -OCH3 is 1. The number of benzene rings is 2. The molecule has 132 valence electrons. The Bertz CT molecular complexity index is 1050. The number of hydrogen-bond donors (Lipinski definition) is 2. The van der Waals surface area contributed by atoms with Crippen molar-refractivity contribution in [2.24, 2.45) is 0 Å². The highest BCUT2D eigenvalue weighted by atomic mass is 35.5. The van der Waals surface area contributed by atoms with Gasteiger partial charge in [-0.3, -0.25) is 5.10 Å². The van der Waals surface area contributed by atoms with Gasteiger partial charge < -0.3 is 14.6 Å². The molecule has 0 unspecified atom stereocenters. The summed E-state index contributed by atoms with van der Waals surface area (Å²) in [7, 11) is 1.56. The summed E-state index contributed by atoms with van der Waals surface area (Å²) in [5.74, 6) is 0.0531. The Balaban J connectivity index is 1.94.